The zero-order valence-electron chi connectivity index (χ0n) is 12.8. The van der Waals surface area contributed by atoms with Crippen LogP contribution in [0.1, 0.15) is 35.9 Å². The number of aromatic nitrogens is 2. The molecule has 130 valence electrons. The van der Waals surface area contributed by atoms with Gasteiger partial charge in [-0.3, -0.25) is 0 Å². The Morgan fingerprint density at radius 1 is 1.38 bits per heavy atom. The molecule has 24 heavy (non-hydrogen) atoms. The summed E-state index contributed by atoms with van der Waals surface area (Å²) in [6.45, 7) is 3.20. The van der Waals surface area contributed by atoms with Crippen molar-refractivity contribution in [2.24, 2.45) is 0 Å². The van der Waals surface area contributed by atoms with Crippen LogP contribution in [0.3, 0.4) is 0 Å². The number of benzene rings is 1. The van der Waals surface area contributed by atoms with Crippen LogP contribution in [0.4, 0.5) is 17.6 Å². The first kappa shape index (κ1) is 17.8. The maximum absolute atomic E-state index is 13.8. The quantitative estimate of drug-likeness (QED) is 0.612. The molecule has 1 atom stereocenters. The first-order valence-electron chi connectivity index (χ1n) is 6.98. The van der Waals surface area contributed by atoms with Crippen molar-refractivity contribution in [3.05, 3.63) is 47.8 Å². The van der Waals surface area contributed by atoms with Crippen LogP contribution in [0, 0.1) is 5.95 Å². The molecule has 0 amide bonds. The normalized spacial score (nSPS) is 12.8. The molecule has 2 aromatic rings. The molecule has 0 spiro atoms. The minimum atomic E-state index is -4.82. The fourth-order valence-corrected chi connectivity index (χ4v) is 2.15. The Morgan fingerprint density at radius 2 is 2.08 bits per heavy atom. The van der Waals surface area contributed by atoms with Gasteiger partial charge in [0.1, 0.15) is 5.75 Å². The Hall–Kier alpha value is -2.58. The second-order valence-corrected chi connectivity index (χ2v) is 4.81. The number of esters is 1. The van der Waals surface area contributed by atoms with Crippen molar-refractivity contribution < 1.29 is 31.8 Å². The van der Waals surface area contributed by atoms with E-state index < -0.39 is 35.8 Å². The van der Waals surface area contributed by atoms with Crippen molar-refractivity contribution >= 4 is 5.97 Å². The average Bonchev–Trinajstić information content (AvgIpc) is 2.87. The highest BCUT2D eigenvalue weighted by atomic mass is 19.4. The van der Waals surface area contributed by atoms with E-state index in [0.29, 0.717) is 5.56 Å². The van der Waals surface area contributed by atoms with Crippen LogP contribution in [-0.4, -0.2) is 28.5 Å². The van der Waals surface area contributed by atoms with Gasteiger partial charge in [0.25, 0.3) is 0 Å². The van der Waals surface area contributed by atoms with Crippen LogP contribution >= 0.6 is 0 Å². The maximum Gasteiger partial charge on any atom is 0.573 e. The van der Waals surface area contributed by atoms with E-state index in [1.165, 1.54) is 16.7 Å². The number of nitrogens with zero attached hydrogens (tertiary/aromatic N) is 2. The summed E-state index contributed by atoms with van der Waals surface area (Å²) in [5, 5.41) is 0. The molecule has 0 saturated carbocycles. The number of halogens is 4. The minimum Gasteiger partial charge on any atom is -0.461 e. The number of imidazole rings is 1. The standard InChI is InChI=1S/C15H14F4N2O3/c1-3-23-14(22)12-13(16)20-8-21(12)9(2)10-5-4-6-11(7-10)24-15(17,18)19/h4-9H,3H2,1-2H3. The minimum absolute atomic E-state index is 0.0484. The molecule has 0 radical (unpaired) electrons. The maximum atomic E-state index is 13.8. The summed E-state index contributed by atoms with van der Waals surface area (Å²) in [6.07, 6.45) is -3.73. The Balaban J connectivity index is 2.34. The van der Waals surface area contributed by atoms with Crippen LogP contribution in [0.25, 0.3) is 0 Å². The van der Waals surface area contributed by atoms with E-state index in [4.69, 9.17) is 4.74 Å². The van der Waals surface area contributed by atoms with E-state index in [0.717, 1.165) is 18.5 Å². The second-order valence-electron chi connectivity index (χ2n) is 4.81. The summed E-state index contributed by atoms with van der Waals surface area (Å²) >= 11 is 0. The van der Waals surface area contributed by atoms with Gasteiger partial charge in [0, 0.05) is 0 Å². The summed E-state index contributed by atoms with van der Waals surface area (Å²) in [7, 11) is 0. The van der Waals surface area contributed by atoms with E-state index in [1.54, 1.807) is 13.8 Å². The molecule has 1 heterocycles. The highest BCUT2D eigenvalue weighted by Crippen LogP contribution is 2.28. The predicted octanol–water partition coefficient (Wildman–Crippen LogP) is 3.71. The van der Waals surface area contributed by atoms with E-state index in [2.05, 4.69) is 9.72 Å². The lowest BCUT2D eigenvalue weighted by atomic mass is 10.1. The zero-order chi connectivity index (χ0) is 17.9. The molecule has 5 nitrogen and oxygen atoms in total. The van der Waals surface area contributed by atoms with Gasteiger partial charge in [0.05, 0.1) is 19.0 Å². The third-order valence-electron chi connectivity index (χ3n) is 3.21. The van der Waals surface area contributed by atoms with Crippen LogP contribution in [-0.2, 0) is 4.74 Å². The van der Waals surface area contributed by atoms with Crippen LogP contribution in [0.15, 0.2) is 30.6 Å². The Bertz CT molecular complexity index is 728. The molecule has 0 bridgehead atoms. The third kappa shape index (κ3) is 4.03. The SMILES string of the molecule is CCOC(=O)c1c(F)ncn1C(C)c1cccc(OC(F)(F)F)c1. The molecule has 0 aliphatic heterocycles. The summed E-state index contributed by atoms with van der Waals surface area (Å²) in [5.74, 6) is -2.32. The number of ether oxygens (including phenoxy) is 2. The van der Waals surface area contributed by atoms with Gasteiger partial charge in [-0.1, -0.05) is 12.1 Å². The molecule has 1 aromatic carbocycles. The topological polar surface area (TPSA) is 53.3 Å². The fourth-order valence-electron chi connectivity index (χ4n) is 2.15. The number of rotatable bonds is 5. The van der Waals surface area contributed by atoms with E-state index in [-0.39, 0.29) is 6.61 Å². The van der Waals surface area contributed by atoms with Crippen LogP contribution in [0.5, 0.6) is 5.75 Å². The van der Waals surface area contributed by atoms with E-state index in [9.17, 15) is 22.4 Å². The van der Waals surface area contributed by atoms with Crippen LogP contribution < -0.4 is 4.74 Å². The van der Waals surface area contributed by atoms with Gasteiger partial charge in [0.2, 0.25) is 5.95 Å². The van der Waals surface area contributed by atoms with Gasteiger partial charge in [-0.2, -0.15) is 4.39 Å². The second kappa shape index (κ2) is 6.90. The summed E-state index contributed by atoms with van der Waals surface area (Å²) in [5.41, 5.74) is -0.0220. The molecular weight excluding hydrogens is 332 g/mol. The lowest BCUT2D eigenvalue weighted by Gasteiger charge is -2.17. The lowest BCUT2D eigenvalue weighted by Crippen LogP contribution is -2.18. The third-order valence-corrected chi connectivity index (χ3v) is 3.21. The number of hydrogen-bond donors (Lipinski definition) is 0. The predicted molar refractivity (Wildman–Crippen MR) is 75.1 cm³/mol. The van der Waals surface area contributed by atoms with Crippen molar-refractivity contribution in [2.75, 3.05) is 6.61 Å². The number of carbonyl (C=O) groups excluding carboxylic acids is 1. The van der Waals surface area contributed by atoms with E-state index >= 15 is 0 Å². The lowest BCUT2D eigenvalue weighted by molar-refractivity contribution is -0.274. The monoisotopic (exact) mass is 346 g/mol. The Morgan fingerprint density at radius 3 is 2.71 bits per heavy atom. The fraction of sp³-hybridized carbons (Fsp3) is 0.333. The molecule has 1 aromatic heterocycles. The molecule has 0 aliphatic rings. The number of carbonyl (C=O) groups is 1. The number of alkyl halides is 3. The van der Waals surface area contributed by atoms with Gasteiger partial charge in [0.15, 0.2) is 5.69 Å². The largest absolute Gasteiger partial charge is 0.573 e. The van der Waals surface area contributed by atoms with Crippen molar-refractivity contribution in [2.45, 2.75) is 26.3 Å². The first-order chi connectivity index (χ1) is 11.2. The van der Waals surface area contributed by atoms with Gasteiger partial charge < -0.3 is 14.0 Å². The number of hydrogen-bond acceptors (Lipinski definition) is 4. The smallest absolute Gasteiger partial charge is 0.461 e. The Labute approximate surface area is 134 Å². The van der Waals surface area contributed by atoms with Gasteiger partial charge in [-0.15, -0.1) is 13.2 Å². The van der Waals surface area contributed by atoms with Gasteiger partial charge in [-0.25, -0.2) is 9.78 Å². The zero-order valence-corrected chi connectivity index (χ0v) is 12.8. The molecule has 1 unspecified atom stereocenters. The molecule has 0 saturated heterocycles. The van der Waals surface area contributed by atoms with Crippen molar-refractivity contribution in [1.29, 1.82) is 0 Å². The summed E-state index contributed by atoms with van der Waals surface area (Å²) < 4.78 is 60.5. The van der Waals surface area contributed by atoms with Crippen molar-refractivity contribution in [3.63, 3.8) is 0 Å². The van der Waals surface area contributed by atoms with Crippen molar-refractivity contribution in [3.8, 4) is 5.75 Å². The van der Waals surface area contributed by atoms with Crippen LogP contribution in [0.2, 0.25) is 0 Å². The Kier molecular flexibility index (Phi) is 5.10. The highest BCUT2D eigenvalue weighted by Gasteiger charge is 2.31. The van der Waals surface area contributed by atoms with Gasteiger partial charge >= 0.3 is 12.3 Å². The molecule has 0 N–H and O–H groups in total. The summed E-state index contributed by atoms with van der Waals surface area (Å²) in [6, 6.07) is 4.53. The molecule has 2 rings (SSSR count). The summed E-state index contributed by atoms with van der Waals surface area (Å²) in [4.78, 5) is 15.3. The van der Waals surface area contributed by atoms with Crippen molar-refractivity contribution in [1.82, 2.24) is 9.55 Å². The molecular formula is C15H14F4N2O3. The van der Waals surface area contributed by atoms with E-state index in [1.807, 2.05) is 0 Å². The molecule has 0 fully saturated rings. The average molecular weight is 346 g/mol. The molecule has 9 heteroatoms. The first-order valence-corrected chi connectivity index (χ1v) is 6.98. The van der Waals surface area contributed by atoms with Gasteiger partial charge in [-0.05, 0) is 31.5 Å². The highest BCUT2D eigenvalue weighted by molar-refractivity contribution is 5.87. The molecule has 0 aliphatic carbocycles.